The fraction of sp³-hybridized carbons (Fsp3) is 0.222. The van der Waals surface area contributed by atoms with Gasteiger partial charge < -0.3 is 16.4 Å². The van der Waals surface area contributed by atoms with Crippen molar-refractivity contribution in [3.63, 3.8) is 0 Å². The lowest BCUT2D eigenvalue weighted by Gasteiger charge is -2.07. The summed E-state index contributed by atoms with van der Waals surface area (Å²) in [4.78, 5) is 15.9. The number of nitrogens with zero attached hydrogens (tertiary/aromatic N) is 1. The number of carbonyl (C=O) groups excluding carboxylic acids is 1. The Morgan fingerprint density at radius 2 is 1.91 bits per heavy atom. The van der Waals surface area contributed by atoms with Crippen LogP contribution in [0.3, 0.4) is 0 Å². The van der Waals surface area contributed by atoms with E-state index < -0.39 is 0 Å². The smallest absolute Gasteiger partial charge is 0.222 e. The van der Waals surface area contributed by atoms with Crippen LogP contribution < -0.4 is 16.4 Å². The monoisotopic (exact) mass is 310 g/mol. The molecule has 0 atom stereocenters. The van der Waals surface area contributed by atoms with Crippen molar-refractivity contribution < 1.29 is 4.79 Å². The molecule has 0 aromatic heterocycles. The maximum atomic E-state index is 11.8. The van der Waals surface area contributed by atoms with Crippen LogP contribution in [0.15, 0.2) is 59.6 Å². The lowest BCUT2D eigenvalue weighted by atomic mass is 10.2. The predicted molar refractivity (Wildman–Crippen MR) is 94.2 cm³/mol. The minimum atomic E-state index is -0.0408. The summed E-state index contributed by atoms with van der Waals surface area (Å²) in [5.41, 5.74) is 8.92. The molecule has 2 rings (SSSR count). The summed E-state index contributed by atoms with van der Waals surface area (Å²) in [6.07, 6.45) is 0.309. The van der Waals surface area contributed by atoms with Crippen molar-refractivity contribution in [2.45, 2.75) is 19.9 Å². The number of aliphatic imine (C=N–C) groups is 1. The largest absolute Gasteiger partial charge is 0.370 e. The second-order valence-electron chi connectivity index (χ2n) is 5.27. The summed E-state index contributed by atoms with van der Waals surface area (Å²) in [7, 11) is 0. The number of hydrogen-bond donors (Lipinski definition) is 3. The molecule has 5 nitrogen and oxygen atoms in total. The molecule has 1 amide bonds. The minimum Gasteiger partial charge on any atom is -0.370 e. The number of rotatable bonds is 6. The normalized spacial score (nSPS) is 11.1. The Balaban J connectivity index is 1.71. The van der Waals surface area contributed by atoms with Crippen molar-refractivity contribution in [1.29, 1.82) is 0 Å². The molecule has 4 N–H and O–H groups in total. The number of carbonyl (C=O) groups is 1. The van der Waals surface area contributed by atoms with E-state index in [0.29, 0.717) is 25.5 Å². The molecule has 0 radical (unpaired) electrons. The first-order valence-corrected chi connectivity index (χ1v) is 7.58. The van der Waals surface area contributed by atoms with Crippen LogP contribution in [0.2, 0.25) is 0 Å². The average Bonchev–Trinajstić information content (AvgIpc) is 2.54. The first kappa shape index (κ1) is 16.5. The molecule has 2 aromatic carbocycles. The van der Waals surface area contributed by atoms with Crippen molar-refractivity contribution in [2.75, 3.05) is 11.9 Å². The van der Waals surface area contributed by atoms with Crippen LogP contribution in [0, 0.1) is 6.92 Å². The zero-order valence-corrected chi connectivity index (χ0v) is 13.3. The molecular weight excluding hydrogens is 288 g/mol. The SMILES string of the molecule is Cc1cccc(NC(N)=NCCC(=O)NCc2ccccc2)c1. The fourth-order valence-corrected chi connectivity index (χ4v) is 2.07. The Labute approximate surface area is 136 Å². The topological polar surface area (TPSA) is 79.5 Å². The minimum absolute atomic E-state index is 0.0408. The van der Waals surface area contributed by atoms with Gasteiger partial charge in [0.15, 0.2) is 5.96 Å². The Kier molecular flexibility index (Phi) is 6.17. The number of hydrogen-bond acceptors (Lipinski definition) is 2. The second kappa shape index (κ2) is 8.58. The quantitative estimate of drug-likeness (QED) is 0.566. The highest BCUT2D eigenvalue weighted by Crippen LogP contribution is 2.08. The van der Waals surface area contributed by atoms with Crippen LogP contribution in [-0.2, 0) is 11.3 Å². The van der Waals surface area contributed by atoms with E-state index >= 15 is 0 Å². The zero-order chi connectivity index (χ0) is 16.5. The molecule has 0 aliphatic rings. The molecule has 0 heterocycles. The zero-order valence-electron chi connectivity index (χ0n) is 13.3. The lowest BCUT2D eigenvalue weighted by molar-refractivity contribution is -0.121. The summed E-state index contributed by atoms with van der Waals surface area (Å²) in [5, 5.41) is 5.87. The van der Waals surface area contributed by atoms with E-state index in [2.05, 4.69) is 15.6 Å². The van der Waals surface area contributed by atoms with Gasteiger partial charge in [-0.15, -0.1) is 0 Å². The first-order chi connectivity index (χ1) is 11.1. The Hall–Kier alpha value is -2.82. The second-order valence-corrected chi connectivity index (χ2v) is 5.27. The maximum absolute atomic E-state index is 11.8. The summed E-state index contributed by atoms with van der Waals surface area (Å²) in [6.45, 7) is 2.89. The van der Waals surface area contributed by atoms with Gasteiger partial charge in [0.25, 0.3) is 0 Å². The third kappa shape index (κ3) is 6.22. The number of aryl methyl sites for hydroxylation is 1. The molecule has 2 aromatic rings. The third-order valence-corrected chi connectivity index (χ3v) is 3.24. The van der Waals surface area contributed by atoms with Gasteiger partial charge in [0.05, 0.1) is 6.54 Å². The molecule has 0 saturated heterocycles. The predicted octanol–water partition coefficient (Wildman–Crippen LogP) is 2.43. The average molecular weight is 310 g/mol. The van der Waals surface area contributed by atoms with Gasteiger partial charge in [-0.3, -0.25) is 9.79 Å². The molecule has 23 heavy (non-hydrogen) atoms. The van der Waals surface area contributed by atoms with E-state index in [9.17, 15) is 4.79 Å². The van der Waals surface area contributed by atoms with Gasteiger partial charge in [0, 0.05) is 18.7 Å². The Bertz CT molecular complexity index is 668. The lowest BCUT2D eigenvalue weighted by Crippen LogP contribution is -2.25. The number of amides is 1. The van der Waals surface area contributed by atoms with Gasteiger partial charge in [-0.05, 0) is 30.2 Å². The third-order valence-electron chi connectivity index (χ3n) is 3.24. The van der Waals surface area contributed by atoms with E-state index in [4.69, 9.17) is 5.73 Å². The number of anilines is 1. The van der Waals surface area contributed by atoms with E-state index in [1.54, 1.807) is 0 Å². The maximum Gasteiger partial charge on any atom is 0.222 e. The number of benzene rings is 2. The number of guanidine groups is 1. The summed E-state index contributed by atoms with van der Waals surface area (Å²) < 4.78 is 0. The molecular formula is C18H22N4O. The van der Waals surface area contributed by atoms with Crippen LogP contribution >= 0.6 is 0 Å². The molecule has 0 unspecified atom stereocenters. The highest BCUT2D eigenvalue weighted by molar-refractivity contribution is 5.92. The van der Waals surface area contributed by atoms with Crippen molar-refractivity contribution >= 4 is 17.6 Å². The van der Waals surface area contributed by atoms with E-state index in [0.717, 1.165) is 16.8 Å². The molecule has 0 spiro atoms. The molecule has 0 bridgehead atoms. The molecule has 5 heteroatoms. The highest BCUT2D eigenvalue weighted by Gasteiger charge is 2.01. The number of nitrogens with two attached hydrogens (primary N) is 1. The van der Waals surface area contributed by atoms with Crippen molar-refractivity contribution in [3.8, 4) is 0 Å². The molecule has 120 valence electrons. The van der Waals surface area contributed by atoms with E-state index in [1.165, 1.54) is 0 Å². The van der Waals surface area contributed by atoms with Gasteiger partial charge in [-0.1, -0.05) is 42.5 Å². The van der Waals surface area contributed by atoms with Gasteiger partial charge >= 0.3 is 0 Å². The van der Waals surface area contributed by atoms with Gasteiger partial charge in [-0.2, -0.15) is 0 Å². The summed E-state index contributed by atoms with van der Waals surface area (Å²) in [6, 6.07) is 17.6. The first-order valence-electron chi connectivity index (χ1n) is 7.58. The standard InChI is InChI=1S/C18H22N4O/c1-14-6-5-9-16(12-14)22-18(19)20-11-10-17(23)21-13-15-7-3-2-4-8-15/h2-9,12H,10-11,13H2,1H3,(H,21,23)(H3,19,20,22). The summed E-state index contributed by atoms with van der Waals surface area (Å²) in [5.74, 6) is 0.271. The molecule has 0 aliphatic carbocycles. The van der Waals surface area contributed by atoms with E-state index in [1.807, 2.05) is 61.5 Å². The Morgan fingerprint density at radius 3 is 2.65 bits per heavy atom. The van der Waals surface area contributed by atoms with E-state index in [-0.39, 0.29) is 5.91 Å². The molecule has 0 fully saturated rings. The van der Waals surface area contributed by atoms with Crippen LogP contribution in [0.1, 0.15) is 17.5 Å². The highest BCUT2D eigenvalue weighted by atomic mass is 16.1. The van der Waals surface area contributed by atoms with Crippen molar-refractivity contribution in [3.05, 3.63) is 65.7 Å². The van der Waals surface area contributed by atoms with Gasteiger partial charge in [0.1, 0.15) is 0 Å². The van der Waals surface area contributed by atoms with Crippen LogP contribution in [-0.4, -0.2) is 18.4 Å². The van der Waals surface area contributed by atoms with Crippen LogP contribution in [0.25, 0.3) is 0 Å². The fourth-order valence-electron chi connectivity index (χ4n) is 2.07. The van der Waals surface area contributed by atoms with Crippen molar-refractivity contribution in [2.24, 2.45) is 10.7 Å². The number of nitrogens with one attached hydrogen (secondary N) is 2. The summed E-state index contributed by atoms with van der Waals surface area (Å²) >= 11 is 0. The van der Waals surface area contributed by atoms with Crippen molar-refractivity contribution in [1.82, 2.24) is 5.32 Å². The Morgan fingerprint density at radius 1 is 1.13 bits per heavy atom. The van der Waals surface area contributed by atoms with Crippen LogP contribution in [0.5, 0.6) is 0 Å². The van der Waals surface area contributed by atoms with Gasteiger partial charge in [0.2, 0.25) is 5.91 Å². The molecule has 0 aliphatic heterocycles. The molecule has 0 saturated carbocycles. The van der Waals surface area contributed by atoms with Gasteiger partial charge in [-0.25, -0.2) is 0 Å². The van der Waals surface area contributed by atoms with Crippen LogP contribution in [0.4, 0.5) is 5.69 Å².